The summed E-state index contributed by atoms with van der Waals surface area (Å²) in [7, 11) is 0. The smallest absolute Gasteiger partial charge is 0.0659 e. The van der Waals surface area contributed by atoms with E-state index >= 15 is 0 Å². The zero-order valence-corrected chi connectivity index (χ0v) is 10.4. The molecule has 0 spiro atoms. The third kappa shape index (κ3) is 2.94. The van der Waals surface area contributed by atoms with Crippen LogP contribution in [0.2, 0.25) is 0 Å². The number of benzene rings is 1. The number of nitrogens with two attached hydrogens (primary N) is 1. The first-order valence-electron chi connectivity index (χ1n) is 6.02. The van der Waals surface area contributed by atoms with Crippen molar-refractivity contribution in [3.63, 3.8) is 0 Å². The number of hydrogen-bond acceptors (Lipinski definition) is 2. The SMILES string of the molecule is CCC(N)c1cnn(Cc2cccc(C)c2)c1. The van der Waals surface area contributed by atoms with Crippen LogP contribution in [0.1, 0.15) is 36.1 Å². The Balaban J connectivity index is 2.11. The highest BCUT2D eigenvalue weighted by Gasteiger charge is 2.06. The molecule has 2 rings (SSSR count). The van der Waals surface area contributed by atoms with Crippen molar-refractivity contribution >= 4 is 0 Å². The van der Waals surface area contributed by atoms with Crippen LogP contribution >= 0.6 is 0 Å². The molecule has 1 aromatic heterocycles. The largest absolute Gasteiger partial charge is 0.324 e. The molecule has 2 aromatic rings. The summed E-state index contributed by atoms with van der Waals surface area (Å²) >= 11 is 0. The second kappa shape index (κ2) is 5.15. The van der Waals surface area contributed by atoms with Crippen LogP contribution in [0.3, 0.4) is 0 Å². The number of rotatable bonds is 4. The average Bonchev–Trinajstić information content (AvgIpc) is 2.76. The lowest BCUT2D eigenvalue weighted by atomic mass is 10.1. The first-order valence-corrected chi connectivity index (χ1v) is 6.02. The second-order valence-electron chi connectivity index (χ2n) is 4.48. The molecule has 90 valence electrons. The van der Waals surface area contributed by atoms with Gasteiger partial charge in [0.1, 0.15) is 0 Å². The molecule has 0 saturated carbocycles. The van der Waals surface area contributed by atoms with Gasteiger partial charge in [0.15, 0.2) is 0 Å². The third-order valence-electron chi connectivity index (χ3n) is 2.95. The van der Waals surface area contributed by atoms with Gasteiger partial charge in [-0.15, -0.1) is 0 Å². The van der Waals surface area contributed by atoms with Crippen molar-refractivity contribution in [2.45, 2.75) is 32.9 Å². The van der Waals surface area contributed by atoms with Crippen LogP contribution in [0.25, 0.3) is 0 Å². The molecule has 0 aliphatic rings. The summed E-state index contributed by atoms with van der Waals surface area (Å²) in [6.07, 6.45) is 4.84. The van der Waals surface area contributed by atoms with Gasteiger partial charge in [-0.25, -0.2) is 0 Å². The lowest BCUT2D eigenvalue weighted by Gasteiger charge is -2.05. The van der Waals surface area contributed by atoms with E-state index in [4.69, 9.17) is 5.73 Å². The molecule has 1 unspecified atom stereocenters. The fourth-order valence-electron chi connectivity index (χ4n) is 1.89. The lowest BCUT2D eigenvalue weighted by molar-refractivity contribution is 0.675. The van der Waals surface area contributed by atoms with Crippen molar-refractivity contribution in [2.24, 2.45) is 5.73 Å². The highest BCUT2D eigenvalue weighted by atomic mass is 15.3. The van der Waals surface area contributed by atoms with Crippen LogP contribution in [0.15, 0.2) is 36.7 Å². The highest BCUT2D eigenvalue weighted by Crippen LogP contribution is 2.13. The lowest BCUT2D eigenvalue weighted by Crippen LogP contribution is -2.07. The standard InChI is InChI=1S/C14H19N3/c1-3-14(15)13-8-16-17(10-13)9-12-6-4-5-11(2)7-12/h4-8,10,14H,3,9,15H2,1-2H3. The minimum atomic E-state index is 0.0984. The molecule has 1 aromatic carbocycles. The van der Waals surface area contributed by atoms with Gasteiger partial charge < -0.3 is 5.73 Å². The molecule has 0 saturated heterocycles. The van der Waals surface area contributed by atoms with E-state index in [1.54, 1.807) is 0 Å². The van der Waals surface area contributed by atoms with E-state index in [0.29, 0.717) is 0 Å². The fraction of sp³-hybridized carbons (Fsp3) is 0.357. The Morgan fingerprint density at radius 2 is 2.24 bits per heavy atom. The quantitative estimate of drug-likeness (QED) is 0.876. The minimum Gasteiger partial charge on any atom is -0.324 e. The molecule has 0 amide bonds. The van der Waals surface area contributed by atoms with Gasteiger partial charge in [0, 0.05) is 17.8 Å². The van der Waals surface area contributed by atoms with Crippen molar-refractivity contribution < 1.29 is 0 Å². The van der Waals surface area contributed by atoms with Gasteiger partial charge in [-0.05, 0) is 18.9 Å². The van der Waals surface area contributed by atoms with Gasteiger partial charge in [-0.3, -0.25) is 4.68 Å². The first-order chi connectivity index (χ1) is 8.19. The van der Waals surface area contributed by atoms with Crippen LogP contribution < -0.4 is 5.73 Å². The van der Waals surface area contributed by atoms with Gasteiger partial charge in [0.25, 0.3) is 0 Å². The molecule has 0 aliphatic carbocycles. The van der Waals surface area contributed by atoms with Crippen LogP contribution in [0.5, 0.6) is 0 Å². The van der Waals surface area contributed by atoms with Gasteiger partial charge >= 0.3 is 0 Å². The molecule has 0 radical (unpaired) electrons. The summed E-state index contributed by atoms with van der Waals surface area (Å²) in [6.45, 7) is 4.99. The van der Waals surface area contributed by atoms with E-state index in [-0.39, 0.29) is 6.04 Å². The molecule has 3 heteroatoms. The summed E-state index contributed by atoms with van der Waals surface area (Å²) in [5.41, 5.74) is 9.63. The number of aromatic nitrogens is 2. The molecule has 2 N–H and O–H groups in total. The van der Waals surface area contributed by atoms with Crippen molar-refractivity contribution in [2.75, 3.05) is 0 Å². The predicted octanol–water partition coefficient (Wildman–Crippen LogP) is 2.65. The fourth-order valence-corrected chi connectivity index (χ4v) is 1.89. The Kier molecular flexibility index (Phi) is 3.59. The summed E-state index contributed by atoms with van der Waals surface area (Å²) in [4.78, 5) is 0. The summed E-state index contributed by atoms with van der Waals surface area (Å²) in [6, 6.07) is 8.58. The van der Waals surface area contributed by atoms with E-state index < -0.39 is 0 Å². The van der Waals surface area contributed by atoms with Crippen molar-refractivity contribution in [3.05, 3.63) is 53.3 Å². The number of hydrogen-bond donors (Lipinski definition) is 1. The Labute approximate surface area is 102 Å². The topological polar surface area (TPSA) is 43.8 Å². The maximum absolute atomic E-state index is 5.97. The van der Waals surface area contributed by atoms with Crippen LogP contribution in [0, 0.1) is 6.92 Å². The van der Waals surface area contributed by atoms with Crippen molar-refractivity contribution in [1.29, 1.82) is 0 Å². The summed E-state index contributed by atoms with van der Waals surface area (Å²) in [5, 5.41) is 4.35. The van der Waals surface area contributed by atoms with Gasteiger partial charge in [-0.2, -0.15) is 5.10 Å². The van der Waals surface area contributed by atoms with E-state index in [2.05, 4.69) is 43.2 Å². The Hall–Kier alpha value is -1.61. The maximum Gasteiger partial charge on any atom is 0.0659 e. The molecular weight excluding hydrogens is 210 g/mol. The average molecular weight is 229 g/mol. The first kappa shape index (κ1) is 11.9. The number of nitrogens with zero attached hydrogens (tertiary/aromatic N) is 2. The maximum atomic E-state index is 5.97. The minimum absolute atomic E-state index is 0.0984. The molecule has 0 aliphatic heterocycles. The van der Waals surface area contributed by atoms with Gasteiger partial charge in [-0.1, -0.05) is 36.8 Å². The third-order valence-corrected chi connectivity index (χ3v) is 2.95. The van der Waals surface area contributed by atoms with E-state index in [1.165, 1.54) is 11.1 Å². The normalized spacial score (nSPS) is 12.6. The van der Waals surface area contributed by atoms with Crippen molar-refractivity contribution in [1.82, 2.24) is 9.78 Å². The summed E-state index contributed by atoms with van der Waals surface area (Å²) < 4.78 is 1.94. The monoisotopic (exact) mass is 229 g/mol. The van der Waals surface area contributed by atoms with Gasteiger partial charge in [0.2, 0.25) is 0 Å². The Morgan fingerprint density at radius 3 is 2.94 bits per heavy atom. The molecule has 1 atom stereocenters. The summed E-state index contributed by atoms with van der Waals surface area (Å²) in [5.74, 6) is 0. The second-order valence-corrected chi connectivity index (χ2v) is 4.48. The number of aryl methyl sites for hydroxylation is 1. The highest BCUT2D eigenvalue weighted by molar-refractivity contribution is 5.22. The van der Waals surface area contributed by atoms with E-state index in [1.807, 2.05) is 17.1 Å². The molecule has 1 heterocycles. The van der Waals surface area contributed by atoms with E-state index in [9.17, 15) is 0 Å². The van der Waals surface area contributed by atoms with Gasteiger partial charge in [0.05, 0.1) is 12.7 Å². The Bertz CT molecular complexity index is 488. The Morgan fingerprint density at radius 1 is 1.41 bits per heavy atom. The molecule has 0 fully saturated rings. The predicted molar refractivity (Wildman–Crippen MR) is 69.7 cm³/mol. The zero-order valence-electron chi connectivity index (χ0n) is 10.4. The van der Waals surface area contributed by atoms with Crippen LogP contribution in [0.4, 0.5) is 0 Å². The molecule has 3 nitrogen and oxygen atoms in total. The zero-order chi connectivity index (χ0) is 12.3. The van der Waals surface area contributed by atoms with Crippen molar-refractivity contribution in [3.8, 4) is 0 Å². The van der Waals surface area contributed by atoms with E-state index in [0.717, 1.165) is 18.5 Å². The van der Waals surface area contributed by atoms with Crippen LogP contribution in [-0.2, 0) is 6.54 Å². The van der Waals surface area contributed by atoms with Crippen LogP contribution in [-0.4, -0.2) is 9.78 Å². The molecule has 0 bridgehead atoms. The molecule has 17 heavy (non-hydrogen) atoms. The molecular formula is C14H19N3.